The fourth-order valence-corrected chi connectivity index (χ4v) is 4.37. The molecule has 0 aliphatic carbocycles. The molecule has 3 aromatic rings. The van der Waals surface area contributed by atoms with Crippen LogP contribution in [0.1, 0.15) is 61.5 Å². The summed E-state index contributed by atoms with van der Waals surface area (Å²) in [5.74, 6) is 0.469. The molecule has 5 nitrogen and oxygen atoms in total. The first-order valence-electron chi connectivity index (χ1n) is 11.6. The van der Waals surface area contributed by atoms with Crippen LogP contribution >= 0.6 is 0 Å². The molecule has 168 valence electrons. The number of hydrogen-bond acceptors (Lipinski definition) is 2. The van der Waals surface area contributed by atoms with Gasteiger partial charge in [0.1, 0.15) is 0 Å². The van der Waals surface area contributed by atoms with Gasteiger partial charge in [-0.05, 0) is 54.2 Å². The lowest BCUT2D eigenvalue weighted by Crippen LogP contribution is -2.42. The van der Waals surface area contributed by atoms with E-state index in [1.165, 1.54) is 5.56 Å². The summed E-state index contributed by atoms with van der Waals surface area (Å²) in [6.07, 6.45) is 2.89. The number of urea groups is 1. The highest BCUT2D eigenvalue weighted by Gasteiger charge is 2.32. The number of para-hydroxylation sites is 1. The van der Waals surface area contributed by atoms with E-state index in [4.69, 9.17) is 4.74 Å². The van der Waals surface area contributed by atoms with Crippen molar-refractivity contribution in [2.24, 2.45) is 0 Å². The van der Waals surface area contributed by atoms with Gasteiger partial charge in [-0.2, -0.15) is 0 Å². The summed E-state index contributed by atoms with van der Waals surface area (Å²) in [6.45, 7) is 8.88. The molecule has 0 saturated carbocycles. The first kappa shape index (κ1) is 22.2. The Balaban J connectivity index is 1.70. The molecule has 1 aliphatic rings. The largest absolute Gasteiger partial charge is 0.382 e. The smallest absolute Gasteiger partial charge is 0.318 e. The molecule has 4 rings (SSSR count). The Morgan fingerprint density at radius 3 is 2.62 bits per heavy atom. The number of carbonyl (C=O) groups is 1. The maximum Gasteiger partial charge on any atom is 0.318 e. The van der Waals surface area contributed by atoms with Crippen molar-refractivity contribution in [1.82, 2.24) is 14.8 Å². The fraction of sp³-hybridized carbons (Fsp3) is 0.370. The number of benzene rings is 2. The van der Waals surface area contributed by atoms with Crippen molar-refractivity contribution in [3.63, 3.8) is 0 Å². The van der Waals surface area contributed by atoms with E-state index in [2.05, 4.69) is 84.5 Å². The van der Waals surface area contributed by atoms with Gasteiger partial charge < -0.3 is 19.5 Å². The van der Waals surface area contributed by atoms with E-state index >= 15 is 0 Å². The van der Waals surface area contributed by atoms with Crippen molar-refractivity contribution in [1.29, 1.82) is 0 Å². The predicted octanol–water partition coefficient (Wildman–Crippen LogP) is 5.64. The average molecular weight is 432 g/mol. The molecule has 2 aromatic carbocycles. The number of nitrogens with one attached hydrogen (secondary N) is 1. The van der Waals surface area contributed by atoms with Crippen LogP contribution in [-0.2, 0) is 11.3 Å². The normalized spacial score (nSPS) is 15.2. The molecule has 2 heterocycles. The lowest BCUT2D eigenvalue weighted by Gasteiger charge is -2.31. The number of ether oxygens (including phenoxy) is 1. The summed E-state index contributed by atoms with van der Waals surface area (Å²) in [7, 11) is 0. The lowest BCUT2D eigenvalue weighted by molar-refractivity contribution is 0.143. The topological polar surface area (TPSA) is 46.5 Å². The van der Waals surface area contributed by atoms with Crippen molar-refractivity contribution in [3.8, 4) is 5.69 Å². The van der Waals surface area contributed by atoms with Crippen LogP contribution in [0.5, 0.6) is 0 Å². The Kier molecular flexibility index (Phi) is 6.96. The highest BCUT2D eigenvalue weighted by atomic mass is 16.5. The first-order valence-corrected chi connectivity index (χ1v) is 11.6. The zero-order valence-corrected chi connectivity index (χ0v) is 19.3. The van der Waals surface area contributed by atoms with Crippen molar-refractivity contribution in [2.45, 2.75) is 45.7 Å². The van der Waals surface area contributed by atoms with Crippen LogP contribution in [0.2, 0.25) is 0 Å². The molecule has 1 N–H and O–H groups in total. The van der Waals surface area contributed by atoms with Crippen LogP contribution < -0.4 is 5.32 Å². The Bertz CT molecular complexity index is 1040. The molecule has 0 bridgehead atoms. The molecule has 0 fully saturated rings. The molecule has 0 unspecified atom stereocenters. The number of amides is 2. The number of fused-ring (bicyclic) bond motifs is 3. The fourth-order valence-electron chi connectivity index (χ4n) is 4.37. The average Bonchev–Trinajstić information content (AvgIpc) is 3.23. The third kappa shape index (κ3) is 4.58. The van der Waals surface area contributed by atoms with E-state index in [0.717, 1.165) is 28.9 Å². The number of aromatic nitrogens is 1. The maximum atomic E-state index is 13.4. The predicted molar refractivity (Wildman–Crippen MR) is 128 cm³/mol. The van der Waals surface area contributed by atoms with Crippen LogP contribution in [0.15, 0.2) is 66.9 Å². The van der Waals surface area contributed by atoms with Gasteiger partial charge in [-0.3, -0.25) is 0 Å². The van der Waals surface area contributed by atoms with Crippen LogP contribution in [0.3, 0.4) is 0 Å². The van der Waals surface area contributed by atoms with Gasteiger partial charge in [0.15, 0.2) is 0 Å². The molecule has 5 heteroatoms. The van der Waals surface area contributed by atoms with E-state index in [1.54, 1.807) is 0 Å². The van der Waals surface area contributed by atoms with Gasteiger partial charge in [-0.15, -0.1) is 0 Å². The van der Waals surface area contributed by atoms with Crippen molar-refractivity contribution < 1.29 is 9.53 Å². The number of hydrogen-bond donors (Lipinski definition) is 1. The zero-order valence-electron chi connectivity index (χ0n) is 19.3. The highest BCUT2D eigenvalue weighted by molar-refractivity contribution is 5.76. The quantitative estimate of drug-likeness (QED) is 0.492. The Labute approximate surface area is 191 Å². The lowest BCUT2D eigenvalue weighted by atomic mass is 9.97. The third-order valence-corrected chi connectivity index (χ3v) is 6.09. The van der Waals surface area contributed by atoms with Crippen LogP contribution in [0.4, 0.5) is 4.79 Å². The second-order valence-corrected chi connectivity index (χ2v) is 8.57. The minimum Gasteiger partial charge on any atom is -0.382 e. The minimum absolute atomic E-state index is 0.0520. The molecular weight excluding hydrogens is 398 g/mol. The number of nitrogens with zero attached hydrogens (tertiary/aromatic N) is 2. The molecule has 0 radical (unpaired) electrons. The summed E-state index contributed by atoms with van der Waals surface area (Å²) in [5.41, 5.74) is 5.77. The van der Waals surface area contributed by atoms with E-state index in [1.807, 2.05) is 17.9 Å². The number of rotatable bonds is 7. The van der Waals surface area contributed by atoms with Crippen molar-refractivity contribution in [2.75, 3.05) is 19.8 Å². The van der Waals surface area contributed by atoms with Crippen LogP contribution in [0, 0.1) is 0 Å². The SMILES string of the molecule is CCOCCCNC(=O)N1Cc2ccccc2-n2cccc2[C@H]1c1ccc(C(C)C)cc1. The van der Waals surface area contributed by atoms with E-state index < -0.39 is 0 Å². The van der Waals surface area contributed by atoms with Gasteiger partial charge in [-0.25, -0.2) is 4.79 Å². The van der Waals surface area contributed by atoms with E-state index in [0.29, 0.717) is 32.2 Å². The van der Waals surface area contributed by atoms with Crippen molar-refractivity contribution >= 4 is 6.03 Å². The first-order chi connectivity index (χ1) is 15.6. The summed E-state index contributed by atoms with van der Waals surface area (Å²) in [6, 6.07) is 21.0. The molecule has 1 aromatic heterocycles. The number of carbonyl (C=O) groups excluding carboxylic acids is 1. The Morgan fingerprint density at radius 2 is 1.88 bits per heavy atom. The standard InChI is InChI=1S/C27H33N3O2/c1-4-32-18-8-16-28-27(31)30-19-23-9-5-6-10-24(23)29-17-7-11-25(29)26(30)22-14-12-21(13-15-22)20(2)3/h5-7,9-15,17,20,26H,4,8,16,18-19H2,1-3H3,(H,28,31)/t26-/m1/s1. The summed E-state index contributed by atoms with van der Waals surface area (Å²) in [4.78, 5) is 15.4. The second-order valence-electron chi connectivity index (χ2n) is 8.57. The van der Waals surface area contributed by atoms with Gasteiger partial charge in [0.25, 0.3) is 0 Å². The maximum absolute atomic E-state index is 13.4. The molecule has 0 spiro atoms. The molecule has 1 atom stereocenters. The molecule has 1 aliphatic heterocycles. The van der Waals surface area contributed by atoms with Gasteiger partial charge in [0.2, 0.25) is 0 Å². The second kappa shape index (κ2) is 10.0. The van der Waals surface area contributed by atoms with Crippen LogP contribution in [0.25, 0.3) is 5.69 Å². The summed E-state index contributed by atoms with van der Waals surface area (Å²) in [5, 5.41) is 3.12. The zero-order chi connectivity index (χ0) is 22.5. The summed E-state index contributed by atoms with van der Waals surface area (Å²) >= 11 is 0. The molecule has 2 amide bonds. The Hall–Kier alpha value is -3.05. The molecular formula is C27H33N3O2. The van der Waals surface area contributed by atoms with Crippen molar-refractivity contribution in [3.05, 3.63) is 89.2 Å². The highest BCUT2D eigenvalue weighted by Crippen LogP contribution is 2.36. The minimum atomic E-state index is -0.175. The van der Waals surface area contributed by atoms with E-state index in [-0.39, 0.29) is 12.1 Å². The monoisotopic (exact) mass is 431 g/mol. The van der Waals surface area contributed by atoms with Gasteiger partial charge >= 0.3 is 6.03 Å². The molecule has 0 saturated heterocycles. The van der Waals surface area contributed by atoms with Gasteiger partial charge in [-0.1, -0.05) is 56.3 Å². The van der Waals surface area contributed by atoms with E-state index in [9.17, 15) is 4.79 Å². The Morgan fingerprint density at radius 1 is 1.09 bits per heavy atom. The van der Waals surface area contributed by atoms with Gasteiger partial charge in [0, 0.05) is 31.6 Å². The summed E-state index contributed by atoms with van der Waals surface area (Å²) < 4.78 is 7.64. The third-order valence-electron chi connectivity index (χ3n) is 6.09. The molecule has 32 heavy (non-hydrogen) atoms. The van der Waals surface area contributed by atoms with Crippen LogP contribution in [-0.4, -0.2) is 35.3 Å². The van der Waals surface area contributed by atoms with Gasteiger partial charge in [0.05, 0.1) is 18.3 Å².